The van der Waals surface area contributed by atoms with Crippen molar-refractivity contribution < 1.29 is 19.3 Å². The molecule has 0 spiro atoms. The number of aromatic nitrogens is 2. The van der Waals surface area contributed by atoms with Crippen molar-refractivity contribution in [2.75, 3.05) is 6.54 Å². The maximum absolute atomic E-state index is 11.3. The predicted octanol–water partition coefficient (Wildman–Crippen LogP) is -0.626. The van der Waals surface area contributed by atoms with Gasteiger partial charge >= 0.3 is 5.97 Å². The van der Waals surface area contributed by atoms with Gasteiger partial charge in [0.1, 0.15) is 12.2 Å². The van der Waals surface area contributed by atoms with Crippen LogP contribution in [0.3, 0.4) is 0 Å². The second-order valence-electron chi connectivity index (χ2n) is 2.67. The Kier molecular flexibility index (Phi) is 3.16. The predicted molar refractivity (Wildman–Crippen MR) is 43.4 cm³/mol. The number of carbonyl (C=O) groups is 2. The summed E-state index contributed by atoms with van der Waals surface area (Å²) in [4.78, 5) is 21.4. The molecule has 0 saturated heterocycles. The molecule has 1 unspecified atom stereocenters. The zero-order valence-corrected chi connectivity index (χ0v) is 7.43. The highest BCUT2D eigenvalue weighted by Gasteiger charge is 2.18. The summed E-state index contributed by atoms with van der Waals surface area (Å²) in [6.45, 7) is 1.17. The highest BCUT2D eigenvalue weighted by molar-refractivity contribution is 5.85. The van der Waals surface area contributed by atoms with Crippen LogP contribution in [-0.2, 0) is 9.59 Å². The van der Waals surface area contributed by atoms with Gasteiger partial charge in [-0.1, -0.05) is 10.3 Å². The van der Waals surface area contributed by atoms with E-state index < -0.39 is 24.3 Å². The summed E-state index contributed by atoms with van der Waals surface area (Å²) in [5.74, 6) is -2.09. The first kappa shape index (κ1) is 10.2. The summed E-state index contributed by atoms with van der Waals surface area (Å²) in [5, 5.41) is 17.3. The highest BCUT2D eigenvalue weighted by atomic mass is 16.6. The summed E-state index contributed by atoms with van der Waals surface area (Å²) in [6.07, 6.45) is 1.31. The van der Waals surface area contributed by atoms with Crippen molar-refractivity contribution in [1.82, 2.24) is 15.6 Å². The fourth-order valence-corrected chi connectivity index (χ4v) is 0.813. The van der Waals surface area contributed by atoms with Gasteiger partial charge in [-0.15, -0.1) is 0 Å². The SMILES string of the molecule is CC(C(=O)NCC(=O)O)c1cnon1. The first-order valence-corrected chi connectivity index (χ1v) is 3.88. The second-order valence-corrected chi connectivity index (χ2v) is 2.67. The molecule has 0 aromatic carbocycles. The van der Waals surface area contributed by atoms with Gasteiger partial charge in [0.2, 0.25) is 5.91 Å². The van der Waals surface area contributed by atoms with Crippen molar-refractivity contribution in [2.24, 2.45) is 0 Å². The van der Waals surface area contributed by atoms with Gasteiger partial charge in [-0.05, 0) is 6.92 Å². The standard InChI is InChI=1S/C7H9N3O4/c1-4(5-2-9-14-10-5)7(13)8-3-6(11)12/h2,4H,3H2,1H3,(H,8,13)(H,11,12). The van der Waals surface area contributed by atoms with Crippen LogP contribution in [0.15, 0.2) is 10.8 Å². The van der Waals surface area contributed by atoms with Gasteiger partial charge < -0.3 is 10.4 Å². The molecule has 0 bridgehead atoms. The quantitative estimate of drug-likeness (QED) is 0.669. The largest absolute Gasteiger partial charge is 0.480 e. The van der Waals surface area contributed by atoms with Gasteiger partial charge in [0.25, 0.3) is 0 Å². The van der Waals surface area contributed by atoms with E-state index >= 15 is 0 Å². The van der Waals surface area contributed by atoms with Crippen molar-refractivity contribution in [2.45, 2.75) is 12.8 Å². The molecule has 0 aliphatic rings. The summed E-state index contributed by atoms with van der Waals surface area (Å²) < 4.78 is 4.32. The number of nitrogens with zero attached hydrogens (tertiary/aromatic N) is 2. The molecule has 14 heavy (non-hydrogen) atoms. The number of nitrogens with one attached hydrogen (secondary N) is 1. The Morgan fingerprint density at radius 1 is 1.71 bits per heavy atom. The van der Waals surface area contributed by atoms with Crippen LogP contribution in [0.2, 0.25) is 0 Å². The van der Waals surface area contributed by atoms with Gasteiger partial charge in [0, 0.05) is 0 Å². The van der Waals surface area contributed by atoms with Gasteiger partial charge in [0.05, 0.1) is 12.1 Å². The molecular weight excluding hydrogens is 190 g/mol. The molecule has 7 heteroatoms. The highest BCUT2D eigenvalue weighted by Crippen LogP contribution is 2.10. The lowest BCUT2D eigenvalue weighted by molar-refractivity contribution is -0.138. The number of rotatable bonds is 4. The van der Waals surface area contributed by atoms with Crippen LogP contribution in [0.25, 0.3) is 0 Å². The second kappa shape index (κ2) is 4.35. The normalized spacial score (nSPS) is 12.1. The maximum Gasteiger partial charge on any atom is 0.322 e. The molecule has 1 aromatic rings. The molecule has 7 nitrogen and oxygen atoms in total. The minimum atomic E-state index is -1.09. The van der Waals surface area contributed by atoms with Gasteiger partial charge in [-0.3, -0.25) is 9.59 Å². The molecule has 1 aromatic heterocycles. The fourth-order valence-electron chi connectivity index (χ4n) is 0.813. The number of hydrogen-bond acceptors (Lipinski definition) is 5. The van der Waals surface area contributed by atoms with E-state index in [4.69, 9.17) is 5.11 Å². The molecule has 0 saturated carbocycles. The van der Waals surface area contributed by atoms with E-state index in [2.05, 4.69) is 20.3 Å². The van der Waals surface area contributed by atoms with Crippen LogP contribution in [-0.4, -0.2) is 33.8 Å². The topological polar surface area (TPSA) is 105 Å². The molecule has 1 atom stereocenters. The number of carboxylic acids is 1. The van der Waals surface area contributed by atoms with Crippen LogP contribution in [0.4, 0.5) is 0 Å². The number of amides is 1. The first-order valence-electron chi connectivity index (χ1n) is 3.88. The molecule has 0 fully saturated rings. The third kappa shape index (κ3) is 2.54. The van der Waals surface area contributed by atoms with Crippen LogP contribution in [0.5, 0.6) is 0 Å². The lowest BCUT2D eigenvalue weighted by Gasteiger charge is -2.06. The Labute approximate surface area is 79.1 Å². The Hall–Kier alpha value is -1.92. The van der Waals surface area contributed by atoms with E-state index in [1.165, 1.54) is 6.20 Å². The molecule has 1 heterocycles. The number of hydrogen-bond donors (Lipinski definition) is 2. The van der Waals surface area contributed by atoms with E-state index in [1.807, 2.05) is 0 Å². The third-order valence-electron chi connectivity index (χ3n) is 1.63. The zero-order chi connectivity index (χ0) is 10.6. The molecule has 0 radical (unpaired) electrons. The summed E-state index contributed by atoms with van der Waals surface area (Å²) in [6, 6.07) is 0. The van der Waals surface area contributed by atoms with Gasteiger partial charge in [0.15, 0.2) is 0 Å². The third-order valence-corrected chi connectivity index (χ3v) is 1.63. The van der Waals surface area contributed by atoms with E-state index in [1.54, 1.807) is 6.92 Å². The molecular formula is C7H9N3O4. The van der Waals surface area contributed by atoms with Crippen LogP contribution in [0, 0.1) is 0 Å². The number of aliphatic carboxylic acids is 1. The van der Waals surface area contributed by atoms with E-state index in [-0.39, 0.29) is 0 Å². The van der Waals surface area contributed by atoms with Crippen molar-refractivity contribution in [3.05, 3.63) is 11.9 Å². The smallest absolute Gasteiger partial charge is 0.322 e. The van der Waals surface area contributed by atoms with Crippen LogP contribution >= 0.6 is 0 Å². The lowest BCUT2D eigenvalue weighted by Crippen LogP contribution is -2.32. The Morgan fingerprint density at radius 3 is 2.93 bits per heavy atom. The van der Waals surface area contributed by atoms with Crippen molar-refractivity contribution in [3.8, 4) is 0 Å². The van der Waals surface area contributed by atoms with Crippen LogP contribution < -0.4 is 5.32 Å². The molecule has 1 rings (SSSR count). The minimum absolute atomic E-state index is 0.368. The maximum atomic E-state index is 11.3. The average Bonchev–Trinajstić information content (AvgIpc) is 2.65. The van der Waals surface area contributed by atoms with Crippen LogP contribution in [0.1, 0.15) is 18.5 Å². The van der Waals surface area contributed by atoms with E-state index in [9.17, 15) is 9.59 Å². The number of carbonyl (C=O) groups excluding carboxylic acids is 1. The Bertz CT molecular complexity index is 322. The van der Waals surface area contributed by atoms with Gasteiger partial charge in [-0.2, -0.15) is 0 Å². The Morgan fingerprint density at radius 2 is 2.43 bits per heavy atom. The molecule has 2 N–H and O–H groups in total. The number of carboxylic acid groups (broad SMARTS) is 1. The summed E-state index contributed by atoms with van der Waals surface area (Å²) in [5.41, 5.74) is 0.368. The molecule has 76 valence electrons. The van der Waals surface area contributed by atoms with E-state index in [0.717, 1.165) is 0 Å². The summed E-state index contributed by atoms with van der Waals surface area (Å²) in [7, 11) is 0. The molecule has 0 aliphatic carbocycles. The summed E-state index contributed by atoms with van der Waals surface area (Å²) >= 11 is 0. The average molecular weight is 199 g/mol. The minimum Gasteiger partial charge on any atom is -0.480 e. The van der Waals surface area contributed by atoms with Crippen molar-refractivity contribution in [3.63, 3.8) is 0 Å². The molecule has 1 amide bonds. The Balaban J connectivity index is 2.49. The molecule has 0 aliphatic heterocycles. The van der Waals surface area contributed by atoms with E-state index in [0.29, 0.717) is 5.69 Å². The van der Waals surface area contributed by atoms with Crippen molar-refractivity contribution >= 4 is 11.9 Å². The van der Waals surface area contributed by atoms with Crippen molar-refractivity contribution in [1.29, 1.82) is 0 Å². The van der Waals surface area contributed by atoms with Gasteiger partial charge in [-0.25, -0.2) is 4.63 Å². The zero-order valence-electron chi connectivity index (χ0n) is 7.43. The fraction of sp³-hybridized carbons (Fsp3) is 0.429. The first-order chi connectivity index (χ1) is 6.61. The lowest BCUT2D eigenvalue weighted by atomic mass is 10.1. The monoisotopic (exact) mass is 199 g/mol.